The molecular weight excluding hydrogens is 338 g/mol. The van der Waals surface area contributed by atoms with Crippen molar-refractivity contribution in [3.8, 4) is 6.07 Å². The molecule has 0 N–H and O–H groups in total. The molecule has 134 valence electrons. The van der Waals surface area contributed by atoms with Crippen molar-refractivity contribution < 1.29 is 14.3 Å². The van der Waals surface area contributed by atoms with Gasteiger partial charge in [0.25, 0.3) is 0 Å². The lowest BCUT2D eigenvalue weighted by molar-refractivity contribution is -0.131. The van der Waals surface area contributed by atoms with Crippen LogP contribution >= 0.6 is 11.8 Å². The van der Waals surface area contributed by atoms with Crippen LogP contribution in [0.4, 0.5) is 0 Å². The van der Waals surface area contributed by atoms with E-state index in [2.05, 4.69) is 18.0 Å². The number of piperidine rings is 1. The smallest absolute Gasteiger partial charge is 0.340 e. The number of carbonyl (C=O) groups excluding carboxylic acids is 2. The Labute approximate surface area is 152 Å². The number of ether oxygens (including phenoxy) is 1. The van der Waals surface area contributed by atoms with E-state index in [4.69, 9.17) is 4.74 Å². The second-order valence-electron chi connectivity index (χ2n) is 6.03. The van der Waals surface area contributed by atoms with Crippen LogP contribution in [0.5, 0.6) is 0 Å². The minimum absolute atomic E-state index is 0.0648. The summed E-state index contributed by atoms with van der Waals surface area (Å²) in [5.74, 6) is -0.182. The number of pyridine rings is 1. The summed E-state index contributed by atoms with van der Waals surface area (Å²) in [6.07, 6.45) is 3.23. The summed E-state index contributed by atoms with van der Waals surface area (Å²) in [5, 5.41) is 9.83. The SMILES string of the molecule is CCOC(=O)c1cc(C#N)c(SCC(=O)N2CCCCC2C)nc1C. The van der Waals surface area contributed by atoms with Crippen LogP contribution in [0, 0.1) is 18.3 Å². The van der Waals surface area contributed by atoms with Gasteiger partial charge < -0.3 is 9.64 Å². The van der Waals surface area contributed by atoms with Crippen molar-refractivity contribution >= 4 is 23.6 Å². The van der Waals surface area contributed by atoms with E-state index in [9.17, 15) is 14.9 Å². The Hall–Kier alpha value is -2.07. The number of aryl methyl sites for hydroxylation is 1. The van der Waals surface area contributed by atoms with Gasteiger partial charge in [0.1, 0.15) is 11.1 Å². The Kier molecular flexibility index (Phi) is 6.82. The summed E-state index contributed by atoms with van der Waals surface area (Å²) in [4.78, 5) is 30.6. The maximum absolute atomic E-state index is 12.4. The lowest BCUT2D eigenvalue weighted by Gasteiger charge is -2.33. The highest BCUT2D eigenvalue weighted by Gasteiger charge is 2.24. The number of amides is 1. The Morgan fingerprint density at radius 1 is 1.48 bits per heavy atom. The van der Waals surface area contributed by atoms with Crippen LogP contribution in [0.15, 0.2) is 11.1 Å². The van der Waals surface area contributed by atoms with Gasteiger partial charge in [0.15, 0.2) is 0 Å². The van der Waals surface area contributed by atoms with E-state index in [1.54, 1.807) is 13.8 Å². The molecule has 1 amide bonds. The third kappa shape index (κ3) is 4.73. The van der Waals surface area contributed by atoms with E-state index in [0.717, 1.165) is 25.8 Å². The van der Waals surface area contributed by atoms with Crippen LogP contribution in [0.25, 0.3) is 0 Å². The summed E-state index contributed by atoms with van der Waals surface area (Å²) in [6.45, 7) is 6.55. The van der Waals surface area contributed by atoms with Crippen LogP contribution in [0.1, 0.15) is 54.7 Å². The zero-order valence-corrected chi connectivity index (χ0v) is 15.7. The first kappa shape index (κ1) is 19.3. The van der Waals surface area contributed by atoms with Gasteiger partial charge in [-0.3, -0.25) is 4.79 Å². The number of likely N-dealkylation sites (tertiary alicyclic amines) is 1. The Morgan fingerprint density at radius 3 is 2.88 bits per heavy atom. The predicted molar refractivity (Wildman–Crippen MR) is 95.4 cm³/mol. The fraction of sp³-hybridized carbons (Fsp3) is 0.556. The molecule has 1 aromatic rings. The van der Waals surface area contributed by atoms with Gasteiger partial charge in [-0.2, -0.15) is 5.26 Å². The molecular formula is C18H23N3O3S. The lowest BCUT2D eigenvalue weighted by Crippen LogP contribution is -2.42. The molecule has 0 radical (unpaired) electrons. The van der Waals surface area contributed by atoms with E-state index in [1.807, 2.05) is 4.90 Å². The normalized spacial score (nSPS) is 17.0. The zero-order valence-electron chi connectivity index (χ0n) is 14.9. The number of esters is 1. The van der Waals surface area contributed by atoms with Crippen LogP contribution < -0.4 is 0 Å². The number of nitriles is 1. The van der Waals surface area contributed by atoms with Gasteiger partial charge in [-0.05, 0) is 46.1 Å². The lowest BCUT2D eigenvalue weighted by atomic mass is 10.0. The average molecular weight is 361 g/mol. The first-order valence-electron chi connectivity index (χ1n) is 8.49. The zero-order chi connectivity index (χ0) is 18.4. The molecule has 2 heterocycles. The Morgan fingerprint density at radius 2 is 2.24 bits per heavy atom. The number of hydrogen-bond acceptors (Lipinski definition) is 6. The Bertz CT molecular complexity index is 700. The predicted octanol–water partition coefficient (Wildman–Crippen LogP) is 2.93. The minimum atomic E-state index is -0.487. The molecule has 0 aliphatic carbocycles. The van der Waals surface area contributed by atoms with E-state index in [1.165, 1.54) is 17.8 Å². The van der Waals surface area contributed by atoms with Crippen LogP contribution in [-0.4, -0.2) is 46.7 Å². The van der Waals surface area contributed by atoms with Crippen molar-refractivity contribution in [1.29, 1.82) is 5.26 Å². The summed E-state index contributed by atoms with van der Waals surface area (Å²) in [5.41, 5.74) is 1.08. The second-order valence-corrected chi connectivity index (χ2v) is 6.99. The quantitative estimate of drug-likeness (QED) is 0.592. The van der Waals surface area contributed by atoms with Gasteiger partial charge in [0, 0.05) is 12.6 Å². The highest BCUT2D eigenvalue weighted by Crippen LogP contribution is 2.25. The molecule has 1 aliphatic heterocycles. The van der Waals surface area contributed by atoms with Crippen molar-refractivity contribution in [2.24, 2.45) is 0 Å². The van der Waals surface area contributed by atoms with Gasteiger partial charge >= 0.3 is 5.97 Å². The van der Waals surface area contributed by atoms with E-state index < -0.39 is 5.97 Å². The Balaban J connectivity index is 2.11. The molecule has 0 saturated carbocycles. The standard InChI is InChI=1S/C18H23N3O3S/c1-4-24-18(23)15-9-14(10-19)17(20-13(15)3)25-11-16(22)21-8-6-5-7-12(21)2/h9,12H,4-8,11H2,1-3H3. The van der Waals surface area contributed by atoms with Crippen molar-refractivity contribution in [3.05, 3.63) is 22.9 Å². The fourth-order valence-electron chi connectivity index (χ4n) is 2.87. The molecule has 0 spiro atoms. The molecule has 7 heteroatoms. The van der Waals surface area contributed by atoms with Gasteiger partial charge in [-0.1, -0.05) is 11.8 Å². The summed E-state index contributed by atoms with van der Waals surface area (Å²) in [7, 11) is 0. The molecule has 1 unspecified atom stereocenters. The molecule has 0 bridgehead atoms. The largest absolute Gasteiger partial charge is 0.462 e. The molecule has 0 aromatic carbocycles. The first-order chi connectivity index (χ1) is 12.0. The van der Waals surface area contributed by atoms with E-state index in [-0.39, 0.29) is 29.9 Å². The average Bonchev–Trinajstić information content (AvgIpc) is 2.60. The van der Waals surface area contributed by atoms with Crippen LogP contribution in [-0.2, 0) is 9.53 Å². The molecule has 1 aromatic heterocycles. The van der Waals surface area contributed by atoms with Gasteiger partial charge in [0.05, 0.1) is 29.2 Å². The maximum Gasteiger partial charge on any atom is 0.340 e. The number of rotatable bonds is 5. The van der Waals surface area contributed by atoms with Crippen molar-refractivity contribution in [2.75, 3.05) is 18.9 Å². The molecule has 1 aliphatic rings. The number of hydrogen-bond donors (Lipinski definition) is 0. The number of aromatic nitrogens is 1. The van der Waals surface area contributed by atoms with Crippen molar-refractivity contribution in [2.45, 2.75) is 51.1 Å². The number of thioether (sulfide) groups is 1. The molecule has 1 fully saturated rings. The van der Waals surface area contributed by atoms with Crippen LogP contribution in [0.3, 0.4) is 0 Å². The molecule has 2 rings (SSSR count). The summed E-state index contributed by atoms with van der Waals surface area (Å²) < 4.78 is 4.98. The maximum atomic E-state index is 12.4. The highest BCUT2D eigenvalue weighted by atomic mass is 32.2. The number of carbonyl (C=O) groups is 2. The molecule has 25 heavy (non-hydrogen) atoms. The van der Waals surface area contributed by atoms with Crippen molar-refractivity contribution in [1.82, 2.24) is 9.88 Å². The second kappa shape index (κ2) is 8.86. The highest BCUT2D eigenvalue weighted by molar-refractivity contribution is 8.00. The summed E-state index contributed by atoms with van der Waals surface area (Å²) >= 11 is 1.25. The fourth-order valence-corrected chi connectivity index (χ4v) is 3.76. The van der Waals surface area contributed by atoms with Gasteiger partial charge in [-0.25, -0.2) is 9.78 Å². The number of nitrogens with zero attached hydrogens (tertiary/aromatic N) is 3. The first-order valence-corrected chi connectivity index (χ1v) is 9.47. The topological polar surface area (TPSA) is 83.3 Å². The third-order valence-corrected chi connectivity index (χ3v) is 5.23. The van der Waals surface area contributed by atoms with Gasteiger partial charge in [0.2, 0.25) is 5.91 Å². The third-order valence-electron chi connectivity index (χ3n) is 4.25. The van der Waals surface area contributed by atoms with Gasteiger partial charge in [-0.15, -0.1) is 0 Å². The monoisotopic (exact) mass is 361 g/mol. The van der Waals surface area contributed by atoms with Crippen LogP contribution in [0.2, 0.25) is 0 Å². The molecule has 1 atom stereocenters. The molecule has 1 saturated heterocycles. The minimum Gasteiger partial charge on any atom is -0.462 e. The van der Waals surface area contributed by atoms with E-state index >= 15 is 0 Å². The molecule has 6 nitrogen and oxygen atoms in total. The van der Waals surface area contributed by atoms with Crippen molar-refractivity contribution in [3.63, 3.8) is 0 Å². The summed E-state index contributed by atoms with van der Waals surface area (Å²) in [6, 6.07) is 3.82. The van der Waals surface area contributed by atoms with E-state index in [0.29, 0.717) is 16.3 Å².